The van der Waals surface area contributed by atoms with Crippen LogP contribution in [0.2, 0.25) is 0 Å². The summed E-state index contributed by atoms with van der Waals surface area (Å²) in [5, 5.41) is 11.3. The Balaban J connectivity index is 1.41. The SMILES string of the molecule is c1ccc2c(N3c4cc5ccsc5c5c4B(c4ccc6ccccc6c43)n3c4ccccc4c4cccc-5c43)cccc2c1. The minimum Gasteiger partial charge on any atom is -0.375 e. The number of hydrogen-bond donors (Lipinski definition) is 0. The maximum absolute atomic E-state index is 2.65. The predicted octanol–water partition coefficient (Wildman–Crippen LogP) is 9.73. The van der Waals surface area contributed by atoms with Crippen molar-refractivity contribution < 1.29 is 0 Å². The molecule has 2 aliphatic heterocycles. The largest absolute Gasteiger partial charge is 0.375 e. The molecule has 0 unspecified atom stereocenters. The highest BCUT2D eigenvalue weighted by molar-refractivity contribution is 7.18. The summed E-state index contributed by atoms with van der Waals surface area (Å²) in [6.07, 6.45) is 0. The Morgan fingerprint density at radius 3 is 2.18 bits per heavy atom. The van der Waals surface area contributed by atoms with E-state index in [1.54, 1.807) is 0 Å². The molecule has 0 aliphatic carbocycles. The first-order chi connectivity index (χ1) is 21.9. The molecule has 0 saturated carbocycles. The minimum absolute atomic E-state index is 0.0506. The van der Waals surface area contributed by atoms with Gasteiger partial charge in [-0.1, -0.05) is 109 Å². The van der Waals surface area contributed by atoms with Crippen molar-refractivity contribution in [2.45, 2.75) is 0 Å². The lowest BCUT2D eigenvalue weighted by atomic mass is 9.45. The summed E-state index contributed by atoms with van der Waals surface area (Å²) in [4.78, 5) is 2.59. The second-order valence-electron chi connectivity index (χ2n) is 12.1. The number of hydrogen-bond acceptors (Lipinski definition) is 2. The summed E-state index contributed by atoms with van der Waals surface area (Å²) in [5.41, 5.74) is 11.9. The van der Waals surface area contributed by atoms with Crippen molar-refractivity contribution >= 4 is 99.6 Å². The average molecular weight is 575 g/mol. The highest BCUT2D eigenvalue weighted by Gasteiger charge is 2.44. The van der Waals surface area contributed by atoms with E-state index in [0.717, 1.165) is 0 Å². The zero-order chi connectivity index (χ0) is 28.5. The molecule has 2 aromatic heterocycles. The highest BCUT2D eigenvalue weighted by Crippen LogP contribution is 2.50. The van der Waals surface area contributed by atoms with E-state index in [1.807, 2.05) is 11.3 Å². The maximum atomic E-state index is 2.65. The number of fused-ring (bicyclic) bond motifs is 12. The molecule has 4 heterocycles. The van der Waals surface area contributed by atoms with Crippen LogP contribution in [0.5, 0.6) is 0 Å². The fraction of sp³-hybridized carbons (Fsp3) is 0. The van der Waals surface area contributed by atoms with Crippen LogP contribution >= 0.6 is 11.3 Å². The lowest BCUT2D eigenvalue weighted by molar-refractivity contribution is 1.28. The second-order valence-corrected chi connectivity index (χ2v) is 13.0. The predicted molar refractivity (Wildman–Crippen MR) is 190 cm³/mol. The van der Waals surface area contributed by atoms with Gasteiger partial charge < -0.3 is 9.38 Å². The van der Waals surface area contributed by atoms with Crippen molar-refractivity contribution in [2.75, 3.05) is 4.90 Å². The molecule has 202 valence electrons. The van der Waals surface area contributed by atoms with Crippen molar-refractivity contribution in [3.05, 3.63) is 139 Å². The summed E-state index contributed by atoms with van der Waals surface area (Å²) in [6, 6.07) is 49.8. The van der Waals surface area contributed by atoms with Crippen LogP contribution in [0.1, 0.15) is 0 Å². The van der Waals surface area contributed by atoms with Crippen LogP contribution in [0.4, 0.5) is 17.1 Å². The monoisotopic (exact) mass is 574 g/mol. The third kappa shape index (κ3) is 2.74. The lowest BCUT2D eigenvalue weighted by Crippen LogP contribution is -2.56. The number of anilines is 3. The van der Waals surface area contributed by atoms with E-state index < -0.39 is 0 Å². The van der Waals surface area contributed by atoms with E-state index in [-0.39, 0.29) is 6.85 Å². The van der Waals surface area contributed by atoms with Gasteiger partial charge in [0.1, 0.15) is 0 Å². The number of thiophene rings is 1. The third-order valence-electron chi connectivity index (χ3n) is 9.99. The van der Waals surface area contributed by atoms with Crippen molar-refractivity contribution in [1.82, 2.24) is 4.48 Å². The van der Waals surface area contributed by atoms with Crippen LogP contribution in [0.3, 0.4) is 0 Å². The molecule has 0 fully saturated rings. The molecular formula is C40H23BN2S. The summed E-state index contributed by atoms with van der Waals surface area (Å²) < 4.78 is 4.03. The summed E-state index contributed by atoms with van der Waals surface area (Å²) in [7, 11) is 0. The van der Waals surface area contributed by atoms with Gasteiger partial charge in [0.15, 0.2) is 0 Å². The third-order valence-corrected chi connectivity index (χ3v) is 10.9. The first-order valence-electron chi connectivity index (χ1n) is 15.2. The Morgan fingerprint density at radius 2 is 1.27 bits per heavy atom. The Hall–Kier alpha value is -5.32. The lowest BCUT2D eigenvalue weighted by Gasteiger charge is -2.41. The molecule has 0 N–H and O–H groups in total. The Labute approximate surface area is 258 Å². The van der Waals surface area contributed by atoms with Crippen LogP contribution in [-0.2, 0) is 0 Å². The maximum Gasteiger partial charge on any atom is 0.333 e. The van der Waals surface area contributed by atoms with Crippen LogP contribution in [0.15, 0.2) is 139 Å². The zero-order valence-corrected chi connectivity index (χ0v) is 24.5. The number of aromatic nitrogens is 1. The van der Waals surface area contributed by atoms with Crippen LogP contribution in [0, 0.1) is 0 Å². The van der Waals surface area contributed by atoms with Gasteiger partial charge in [0.05, 0.1) is 11.4 Å². The molecule has 44 heavy (non-hydrogen) atoms. The van der Waals surface area contributed by atoms with Gasteiger partial charge in [-0.3, -0.25) is 0 Å². The van der Waals surface area contributed by atoms with Gasteiger partial charge in [0.2, 0.25) is 0 Å². The summed E-state index contributed by atoms with van der Waals surface area (Å²) in [5.74, 6) is 0. The summed E-state index contributed by atoms with van der Waals surface area (Å²) in [6.45, 7) is 0.0506. The molecule has 0 bridgehead atoms. The van der Waals surface area contributed by atoms with Crippen molar-refractivity contribution in [3.63, 3.8) is 0 Å². The topological polar surface area (TPSA) is 8.17 Å². The van der Waals surface area contributed by atoms with Gasteiger partial charge in [0.25, 0.3) is 0 Å². The first kappa shape index (κ1) is 23.2. The Morgan fingerprint density at radius 1 is 0.545 bits per heavy atom. The Kier molecular flexibility index (Phi) is 4.32. The normalized spacial score (nSPS) is 13.4. The van der Waals surface area contributed by atoms with Gasteiger partial charge in [-0.25, -0.2) is 0 Å². The quantitative estimate of drug-likeness (QED) is 0.177. The van der Waals surface area contributed by atoms with E-state index >= 15 is 0 Å². The smallest absolute Gasteiger partial charge is 0.333 e. The van der Waals surface area contributed by atoms with Gasteiger partial charge in [-0.15, -0.1) is 11.3 Å². The minimum atomic E-state index is 0.0506. The molecule has 11 rings (SSSR count). The summed E-state index contributed by atoms with van der Waals surface area (Å²) >= 11 is 1.87. The number of para-hydroxylation sites is 2. The molecule has 2 aliphatic rings. The van der Waals surface area contributed by atoms with Crippen molar-refractivity contribution in [1.29, 1.82) is 0 Å². The van der Waals surface area contributed by atoms with Gasteiger partial charge in [0, 0.05) is 54.1 Å². The standard InChI is InChI=1S/C40H23BN2S/c1-3-12-27-24(9-1)11-7-18-33(27)42-35-23-26-21-22-44-40(26)36-31-16-8-15-30-29-14-5-6-17-34(29)43(38(30)31)41(37(35)36)32-20-19-25-10-2-4-13-28(25)39(32)42/h1-23H. The van der Waals surface area contributed by atoms with Crippen LogP contribution in [-0.4, -0.2) is 11.3 Å². The molecule has 7 aromatic carbocycles. The van der Waals surface area contributed by atoms with Gasteiger partial charge in [-0.2, -0.15) is 0 Å². The zero-order valence-electron chi connectivity index (χ0n) is 23.7. The van der Waals surface area contributed by atoms with E-state index in [0.29, 0.717) is 0 Å². The van der Waals surface area contributed by atoms with Gasteiger partial charge >= 0.3 is 6.85 Å². The molecule has 0 atom stereocenters. The molecule has 0 amide bonds. The van der Waals surface area contributed by atoms with Crippen LogP contribution in [0.25, 0.3) is 64.6 Å². The fourth-order valence-electron chi connectivity index (χ4n) is 8.30. The fourth-order valence-corrected chi connectivity index (χ4v) is 9.25. The van der Waals surface area contributed by atoms with Gasteiger partial charge in [-0.05, 0) is 56.7 Å². The number of benzene rings is 7. The van der Waals surface area contributed by atoms with E-state index in [9.17, 15) is 0 Å². The second kappa shape index (κ2) is 8.19. The van der Waals surface area contributed by atoms with Crippen molar-refractivity contribution in [3.8, 4) is 11.1 Å². The molecule has 2 nitrogen and oxygen atoms in total. The molecule has 0 spiro atoms. The molecule has 4 heteroatoms. The van der Waals surface area contributed by atoms with E-state index in [2.05, 4.69) is 148 Å². The first-order valence-corrected chi connectivity index (χ1v) is 16.1. The van der Waals surface area contributed by atoms with Crippen molar-refractivity contribution in [2.24, 2.45) is 0 Å². The molecule has 0 radical (unpaired) electrons. The number of rotatable bonds is 1. The molecular weight excluding hydrogens is 551 g/mol. The van der Waals surface area contributed by atoms with Crippen LogP contribution < -0.4 is 15.8 Å². The molecule has 9 aromatic rings. The highest BCUT2D eigenvalue weighted by atomic mass is 32.1. The molecule has 0 saturated heterocycles. The van der Waals surface area contributed by atoms with E-state index in [4.69, 9.17) is 0 Å². The van der Waals surface area contributed by atoms with E-state index in [1.165, 1.54) is 92.6 Å². The Bertz CT molecular complexity index is 2690. The number of nitrogens with zero attached hydrogens (tertiary/aromatic N) is 2. The average Bonchev–Trinajstić information content (AvgIpc) is 3.69.